The van der Waals surface area contributed by atoms with Crippen molar-refractivity contribution in [1.29, 1.82) is 0 Å². The Morgan fingerprint density at radius 1 is 1.07 bits per heavy atom. The fourth-order valence-corrected chi connectivity index (χ4v) is 4.26. The van der Waals surface area contributed by atoms with Gasteiger partial charge in [0.15, 0.2) is 5.41 Å². The molecule has 0 aromatic heterocycles. The number of ether oxygens (including phenoxy) is 2. The molecule has 1 heterocycles. The summed E-state index contributed by atoms with van der Waals surface area (Å²) in [5, 5.41) is 0. The smallest absolute Gasteiger partial charge is 0.325 e. The maximum absolute atomic E-state index is 11.7. The van der Waals surface area contributed by atoms with Gasteiger partial charge in [-0.25, -0.2) is 0 Å². The Hall–Kier alpha value is -0.360. The van der Waals surface area contributed by atoms with Gasteiger partial charge in [0, 0.05) is 11.5 Å². The highest BCUT2D eigenvalue weighted by molar-refractivity contribution is 8.77. The molecule has 15 heavy (non-hydrogen) atoms. The number of carbonyl (C=O) groups excluding carboxylic acids is 2. The molecule has 0 N–H and O–H groups in total. The van der Waals surface area contributed by atoms with Crippen LogP contribution < -0.4 is 0 Å². The molecule has 1 saturated heterocycles. The summed E-state index contributed by atoms with van der Waals surface area (Å²) in [7, 11) is 3.01. The Bertz CT molecular complexity index is 228. The molecule has 1 aliphatic rings. The molecule has 1 rings (SSSR count). The van der Waals surface area contributed by atoms with Gasteiger partial charge in [0.05, 0.1) is 13.2 Å². The van der Waals surface area contributed by atoms with E-state index in [0.717, 1.165) is 0 Å². The third-order valence-electron chi connectivity index (χ3n) is 2.03. The maximum atomic E-state index is 11.7. The van der Waals surface area contributed by atoms with Gasteiger partial charge in [0.1, 0.15) is 0 Å². The van der Waals surface area contributed by atoms with E-state index in [1.54, 1.807) is 13.8 Å². The van der Waals surface area contributed by atoms with Crippen molar-refractivity contribution in [3.63, 3.8) is 0 Å². The van der Waals surface area contributed by atoms with Crippen LogP contribution in [-0.2, 0) is 19.1 Å². The molecule has 0 bridgehead atoms. The molecule has 0 radical (unpaired) electrons. The van der Waals surface area contributed by atoms with E-state index in [1.807, 2.05) is 0 Å². The van der Waals surface area contributed by atoms with Gasteiger partial charge in [-0.3, -0.25) is 9.59 Å². The highest BCUT2D eigenvalue weighted by atomic mass is 33.1. The predicted molar refractivity (Wildman–Crippen MR) is 60.6 cm³/mol. The van der Waals surface area contributed by atoms with Crippen LogP contribution in [0.2, 0.25) is 0 Å². The van der Waals surface area contributed by atoms with Gasteiger partial charge in [0.25, 0.3) is 0 Å². The highest BCUT2D eigenvalue weighted by Crippen LogP contribution is 2.44. The van der Waals surface area contributed by atoms with Crippen molar-refractivity contribution in [3.8, 4) is 0 Å². The second-order valence-corrected chi connectivity index (χ2v) is 5.51. The van der Waals surface area contributed by atoms with E-state index in [4.69, 9.17) is 9.47 Å². The van der Waals surface area contributed by atoms with E-state index < -0.39 is 17.4 Å². The average molecular weight is 250 g/mol. The molecule has 86 valence electrons. The van der Waals surface area contributed by atoms with Crippen molar-refractivity contribution < 1.29 is 19.1 Å². The number of carbonyl (C=O) groups is 2. The van der Waals surface area contributed by atoms with Crippen LogP contribution in [0.5, 0.6) is 0 Å². The molecule has 0 saturated carbocycles. The molecule has 0 spiro atoms. The molecular weight excluding hydrogens is 236 g/mol. The third kappa shape index (κ3) is 2.60. The fourth-order valence-electron chi connectivity index (χ4n) is 1.18. The van der Waals surface area contributed by atoms with Crippen LogP contribution in [0.25, 0.3) is 0 Å². The summed E-state index contributed by atoms with van der Waals surface area (Å²) in [6.07, 6.45) is 0. The lowest BCUT2D eigenvalue weighted by Gasteiger charge is -2.22. The van der Waals surface area contributed by atoms with Crippen molar-refractivity contribution in [2.45, 2.75) is 13.8 Å². The van der Waals surface area contributed by atoms with E-state index in [9.17, 15) is 9.59 Å². The Morgan fingerprint density at radius 3 is 1.80 bits per heavy atom. The SMILES string of the molecule is CCOC(=O)C1(C(=O)OCC)CSSC1. The number of hydrogen-bond acceptors (Lipinski definition) is 6. The number of hydrogen-bond donors (Lipinski definition) is 0. The van der Waals surface area contributed by atoms with Gasteiger partial charge in [-0.05, 0) is 13.8 Å². The first-order valence-electron chi connectivity index (χ1n) is 4.76. The van der Waals surface area contributed by atoms with Gasteiger partial charge in [-0.2, -0.15) is 0 Å². The first-order chi connectivity index (χ1) is 7.17. The minimum Gasteiger partial charge on any atom is -0.465 e. The van der Waals surface area contributed by atoms with Crippen LogP contribution in [-0.4, -0.2) is 36.7 Å². The van der Waals surface area contributed by atoms with Crippen LogP contribution in [0, 0.1) is 5.41 Å². The van der Waals surface area contributed by atoms with E-state index in [0.29, 0.717) is 11.5 Å². The summed E-state index contributed by atoms with van der Waals surface area (Å²) in [6, 6.07) is 0. The molecule has 0 aromatic carbocycles. The largest absolute Gasteiger partial charge is 0.465 e. The summed E-state index contributed by atoms with van der Waals surface area (Å²) in [5.74, 6) is -0.0353. The monoisotopic (exact) mass is 250 g/mol. The van der Waals surface area contributed by atoms with Crippen molar-refractivity contribution in [2.24, 2.45) is 5.41 Å². The second-order valence-electron chi connectivity index (χ2n) is 3.05. The highest BCUT2D eigenvalue weighted by Gasteiger charge is 2.52. The zero-order valence-electron chi connectivity index (χ0n) is 8.78. The lowest BCUT2D eigenvalue weighted by molar-refractivity contribution is -0.168. The first kappa shape index (κ1) is 12.7. The standard InChI is InChI=1S/C9H14O4S2/c1-3-12-7(10)9(5-14-15-6-9)8(11)13-4-2/h3-6H2,1-2H3. The minimum atomic E-state index is -1.08. The molecular formula is C9H14O4S2. The second kappa shape index (κ2) is 5.65. The van der Waals surface area contributed by atoms with Gasteiger partial charge >= 0.3 is 11.9 Å². The number of rotatable bonds is 4. The molecule has 1 aliphatic heterocycles. The molecule has 1 fully saturated rings. The van der Waals surface area contributed by atoms with E-state index in [1.165, 1.54) is 21.6 Å². The molecule has 0 aliphatic carbocycles. The van der Waals surface area contributed by atoms with Crippen LogP contribution >= 0.6 is 21.6 Å². The van der Waals surface area contributed by atoms with E-state index in [-0.39, 0.29) is 13.2 Å². The molecule has 0 amide bonds. The van der Waals surface area contributed by atoms with Crippen LogP contribution in [0.15, 0.2) is 0 Å². The van der Waals surface area contributed by atoms with E-state index in [2.05, 4.69) is 0 Å². The van der Waals surface area contributed by atoms with Crippen LogP contribution in [0.1, 0.15) is 13.8 Å². The summed E-state index contributed by atoms with van der Waals surface area (Å²) in [4.78, 5) is 23.5. The minimum absolute atomic E-state index is 0.287. The van der Waals surface area contributed by atoms with Crippen LogP contribution in [0.4, 0.5) is 0 Å². The quantitative estimate of drug-likeness (QED) is 0.428. The molecule has 0 unspecified atom stereocenters. The zero-order chi connectivity index (χ0) is 11.3. The Balaban J connectivity index is 2.78. The zero-order valence-corrected chi connectivity index (χ0v) is 10.4. The maximum Gasteiger partial charge on any atom is 0.325 e. The molecule has 4 nitrogen and oxygen atoms in total. The normalized spacial score (nSPS) is 18.5. The summed E-state index contributed by atoms with van der Waals surface area (Å²) in [6.45, 7) is 4.03. The van der Waals surface area contributed by atoms with Crippen molar-refractivity contribution in [3.05, 3.63) is 0 Å². The summed E-state index contributed by atoms with van der Waals surface area (Å²) >= 11 is 0. The Morgan fingerprint density at radius 2 is 1.47 bits per heavy atom. The average Bonchev–Trinajstić information content (AvgIpc) is 2.68. The summed E-state index contributed by atoms with van der Waals surface area (Å²) < 4.78 is 9.86. The predicted octanol–water partition coefficient (Wildman–Crippen LogP) is 1.49. The lowest BCUT2D eigenvalue weighted by Crippen LogP contribution is -2.44. The van der Waals surface area contributed by atoms with E-state index >= 15 is 0 Å². The topological polar surface area (TPSA) is 52.6 Å². The van der Waals surface area contributed by atoms with Crippen molar-refractivity contribution >= 4 is 33.5 Å². The van der Waals surface area contributed by atoms with Gasteiger partial charge < -0.3 is 9.47 Å². The lowest BCUT2D eigenvalue weighted by atomic mass is 9.93. The first-order valence-corrected chi connectivity index (χ1v) is 7.25. The molecule has 0 atom stereocenters. The Labute approximate surface area is 96.8 Å². The van der Waals surface area contributed by atoms with Crippen molar-refractivity contribution in [2.75, 3.05) is 24.7 Å². The molecule has 6 heteroatoms. The fraction of sp³-hybridized carbons (Fsp3) is 0.778. The number of esters is 2. The summed E-state index contributed by atoms with van der Waals surface area (Å²) in [5.41, 5.74) is -1.08. The molecule has 0 aromatic rings. The Kier molecular flexibility index (Phi) is 4.79. The van der Waals surface area contributed by atoms with Crippen molar-refractivity contribution in [1.82, 2.24) is 0 Å². The van der Waals surface area contributed by atoms with Gasteiger partial charge in [-0.1, -0.05) is 21.6 Å². The third-order valence-corrected chi connectivity index (χ3v) is 4.62. The van der Waals surface area contributed by atoms with Gasteiger partial charge in [0.2, 0.25) is 0 Å². The van der Waals surface area contributed by atoms with Crippen LogP contribution in [0.3, 0.4) is 0 Å². The van der Waals surface area contributed by atoms with Gasteiger partial charge in [-0.15, -0.1) is 0 Å².